The van der Waals surface area contributed by atoms with Gasteiger partial charge in [-0.15, -0.1) is 11.3 Å². The number of thiazole rings is 1. The summed E-state index contributed by atoms with van der Waals surface area (Å²) in [6.07, 6.45) is 1.54. The Labute approximate surface area is 200 Å². The zero-order valence-electron chi connectivity index (χ0n) is 18.4. The molecule has 4 rings (SSSR count). The summed E-state index contributed by atoms with van der Waals surface area (Å²) in [4.78, 5) is 19.1. The fraction of sp³-hybridized carbons (Fsp3) is 0.200. The summed E-state index contributed by atoms with van der Waals surface area (Å²) in [5.41, 5.74) is 1.64. The maximum atomic E-state index is 13.7. The molecular weight excluding hydrogens is 459 g/mol. The molecule has 176 valence electrons. The lowest BCUT2D eigenvalue weighted by Gasteiger charge is -2.23. The van der Waals surface area contributed by atoms with Crippen molar-refractivity contribution in [3.05, 3.63) is 99.6 Å². The molecule has 2 aromatic heterocycles. The third kappa shape index (κ3) is 5.81. The van der Waals surface area contributed by atoms with Crippen molar-refractivity contribution in [1.82, 2.24) is 9.88 Å². The molecule has 0 atom stereocenters. The smallest absolute Gasteiger partial charge is 0.254 e. The van der Waals surface area contributed by atoms with Crippen molar-refractivity contribution in [3.63, 3.8) is 0 Å². The van der Waals surface area contributed by atoms with Crippen molar-refractivity contribution in [2.24, 2.45) is 0 Å². The predicted molar refractivity (Wildman–Crippen MR) is 124 cm³/mol. The summed E-state index contributed by atoms with van der Waals surface area (Å²) < 4.78 is 30.5. The van der Waals surface area contributed by atoms with Crippen molar-refractivity contribution in [3.8, 4) is 11.5 Å². The largest absolute Gasteiger partial charge is 0.493 e. The summed E-state index contributed by atoms with van der Waals surface area (Å²) in [6.45, 7) is 0.541. The number of ether oxygens (including phenoxy) is 2. The molecule has 2 aromatic carbocycles. The van der Waals surface area contributed by atoms with Crippen molar-refractivity contribution < 1.29 is 28.2 Å². The minimum atomic E-state index is -0.476. The van der Waals surface area contributed by atoms with E-state index in [0.717, 1.165) is 10.6 Å². The average Bonchev–Trinajstić information content (AvgIpc) is 3.54. The summed E-state index contributed by atoms with van der Waals surface area (Å²) in [5, 5.41) is 11.7. The number of hydrogen-bond donors (Lipinski definition) is 1. The van der Waals surface area contributed by atoms with Crippen molar-refractivity contribution in [1.29, 1.82) is 0 Å². The summed E-state index contributed by atoms with van der Waals surface area (Å²) >= 11 is 1.40. The van der Waals surface area contributed by atoms with Crippen molar-refractivity contribution >= 4 is 17.2 Å². The third-order valence-corrected chi connectivity index (χ3v) is 5.87. The predicted octanol–water partition coefficient (Wildman–Crippen LogP) is 4.80. The number of carbonyl (C=O) groups is 1. The van der Waals surface area contributed by atoms with Crippen LogP contribution in [0, 0.1) is 5.82 Å². The molecule has 0 saturated heterocycles. The van der Waals surface area contributed by atoms with E-state index in [1.54, 1.807) is 54.0 Å². The van der Waals surface area contributed by atoms with Crippen LogP contribution in [-0.4, -0.2) is 28.0 Å². The first-order valence-corrected chi connectivity index (χ1v) is 11.3. The fourth-order valence-electron chi connectivity index (χ4n) is 3.37. The SMILES string of the molecule is COc1ccc(CN(Cc2ccco2)C(=O)c2cccc(F)c2)cc1OCc1nc(CO)cs1. The van der Waals surface area contributed by atoms with Gasteiger partial charge in [0, 0.05) is 17.5 Å². The van der Waals surface area contributed by atoms with Gasteiger partial charge in [0.2, 0.25) is 0 Å². The number of furan rings is 1. The number of carbonyl (C=O) groups excluding carboxylic acids is 1. The number of hydrogen-bond acceptors (Lipinski definition) is 7. The molecule has 0 radical (unpaired) electrons. The van der Waals surface area contributed by atoms with Crippen LogP contribution in [0.15, 0.2) is 70.7 Å². The number of aliphatic hydroxyl groups is 1. The topological polar surface area (TPSA) is 85.0 Å². The van der Waals surface area contributed by atoms with Crippen molar-refractivity contribution in [2.75, 3.05) is 7.11 Å². The molecule has 0 aliphatic carbocycles. The van der Waals surface area contributed by atoms with Gasteiger partial charge >= 0.3 is 0 Å². The number of rotatable bonds is 10. The monoisotopic (exact) mass is 482 g/mol. The molecule has 0 fully saturated rings. The Bertz CT molecular complexity index is 1240. The van der Waals surface area contributed by atoms with Crippen LogP contribution in [0.5, 0.6) is 11.5 Å². The van der Waals surface area contributed by atoms with Gasteiger partial charge in [0.1, 0.15) is 23.2 Å². The van der Waals surface area contributed by atoms with E-state index in [9.17, 15) is 14.3 Å². The van der Waals surface area contributed by atoms with E-state index in [2.05, 4.69) is 4.98 Å². The second-order valence-electron chi connectivity index (χ2n) is 7.42. The molecule has 1 amide bonds. The van der Waals surface area contributed by atoms with Gasteiger partial charge in [-0.05, 0) is 48.0 Å². The van der Waals surface area contributed by atoms with Crippen LogP contribution < -0.4 is 9.47 Å². The lowest BCUT2D eigenvalue weighted by molar-refractivity contribution is 0.0717. The van der Waals surface area contributed by atoms with Crippen LogP contribution in [0.2, 0.25) is 0 Å². The van der Waals surface area contributed by atoms with Crippen LogP contribution in [0.1, 0.15) is 32.4 Å². The Kier molecular flexibility index (Phi) is 7.56. The summed E-state index contributed by atoms with van der Waals surface area (Å²) in [5.74, 6) is 0.843. The lowest BCUT2D eigenvalue weighted by atomic mass is 10.1. The number of aromatic nitrogens is 1. The number of aliphatic hydroxyl groups excluding tert-OH is 1. The molecular formula is C25H23FN2O5S. The highest BCUT2D eigenvalue weighted by atomic mass is 32.1. The highest BCUT2D eigenvalue weighted by Crippen LogP contribution is 2.30. The first-order chi connectivity index (χ1) is 16.6. The molecule has 2 heterocycles. The highest BCUT2D eigenvalue weighted by Gasteiger charge is 2.19. The van der Waals surface area contributed by atoms with Gasteiger partial charge in [0.25, 0.3) is 5.91 Å². The number of nitrogens with zero attached hydrogens (tertiary/aromatic N) is 2. The zero-order chi connectivity index (χ0) is 23.9. The molecule has 4 aromatic rings. The van der Waals surface area contributed by atoms with Gasteiger partial charge in [-0.2, -0.15) is 0 Å². The van der Waals surface area contributed by atoms with Crippen LogP contribution in [0.25, 0.3) is 0 Å². The number of halogens is 1. The lowest BCUT2D eigenvalue weighted by Crippen LogP contribution is -2.30. The summed E-state index contributed by atoms with van der Waals surface area (Å²) in [6, 6.07) is 14.5. The van der Waals surface area contributed by atoms with E-state index in [4.69, 9.17) is 13.9 Å². The summed E-state index contributed by atoms with van der Waals surface area (Å²) in [7, 11) is 1.55. The molecule has 0 saturated carbocycles. The standard InChI is InChI=1S/C25H23FN2O5S/c1-31-22-8-7-17(10-23(22)33-15-24-27-20(14-29)16-34-24)12-28(13-21-6-3-9-32-21)25(30)18-4-2-5-19(26)11-18/h2-11,16,29H,12-15H2,1H3. The molecule has 0 unspecified atom stereocenters. The highest BCUT2D eigenvalue weighted by molar-refractivity contribution is 7.09. The van der Waals surface area contributed by atoms with E-state index in [-0.39, 0.29) is 37.8 Å². The quantitative estimate of drug-likeness (QED) is 0.350. The Morgan fingerprint density at radius 1 is 1.15 bits per heavy atom. The van der Waals surface area contributed by atoms with E-state index in [1.165, 1.54) is 29.5 Å². The van der Waals surface area contributed by atoms with E-state index in [1.807, 2.05) is 6.07 Å². The van der Waals surface area contributed by atoms with Gasteiger partial charge in [-0.1, -0.05) is 12.1 Å². The average molecular weight is 483 g/mol. The van der Waals surface area contributed by atoms with Crippen LogP contribution in [0.4, 0.5) is 4.39 Å². The maximum Gasteiger partial charge on any atom is 0.254 e. The van der Waals surface area contributed by atoms with Gasteiger partial charge in [0.15, 0.2) is 11.5 Å². The second kappa shape index (κ2) is 11.0. The normalized spacial score (nSPS) is 10.8. The van der Waals surface area contributed by atoms with E-state index < -0.39 is 5.82 Å². The zero-order valence-corrected chi connectivity index (χ0v) is 19.3. The number of methoxy groups -OCH3 is 1. The van der Waals surface area contributed by atoms with Gasteiger partial charge < -0.3 is 23.9 Å². The third-order valence-electron chi connectivity index (χ3n) is 5.00. The van der Waals surface area contributed by atoms with Crippen LogP contribution >= 0.6 is 11.3 Å². The Hall–Kier alpha value is -3.69. The van der Waals surface area contributed by atoms with Gasteiger partial charge in [-0.3, -0.25) is 4.79 Å². The molecule has 0 aliphatic rings. The second-order valence-corrected chi connectivity index (χ2v) is 8.36. The molecule has 0 spiro atoms. The maximum absolute atomic E-state index is 13.7. The van der Waals surface area contributed by atoms with Crippen LogP contribution in [0.3, 0.4) is 0 Å². The van der Waals surface area contributed by atoms with Gasteiger partial charge in [-0.25, -0.2) is 9.37 Å². The fourth-order valence-corrected chi connectivity index (χ4v) is 4.07. The first kappa shape index (κ1) is 23.5. The number of amides is 1. The Morgan fingerprint density at radius 3 is 2.74 bits per heavy atom. The minimum absolute atomic E-state index is 0.125. The molecule has 9 heteroatoms. The van der Waals surface area contributed by atoms with Crippen molar-refractivity contribution in [2.45, 2.75) is 26.3 Å². The molecule has 0 bridgehead atoms. The van der Waals surface area contributed by atoms with Gasteiger partial charge in [0.05, 0.1) is 32.2 Å². The van der Waals surface area contributed by atoms with E-state index >= 15 is 0 Å². The Balaban J connectivity index is 1.56. The van der Waals surface area contributed by atoms with Crippen LogP contribution in [-0.2, 0) is 26.3 Å². The molecule has 7 nitrogen and oxygen atoms in total. The number of benzene rings is 2. The molecule has 1 N–H and O–H groups in total. The van der Waals surface area contributed by atoms with E-state index in [0.29, 0.717) is 23.0 Å². The molecule has 34 heavy (non-hydrogen) atoms. The first-order valence-electron chi connectivity index (χ1n) is 10.5. The Morgan fingerprint density at radius 2 is 2.03 bits per heavy atom. The minimum Gasteiger partial charge on any atom is -0.493 e. The molecule has 0 aliphatic heterocycles.